The monoisotopic (exact) mass is 578 g/mol. The van der Waals surface area contributed by atoms with Crippen molar-refractivity contribution in [3.05, 3.63) is 138 Å². The lowest BCUT2D eigenvalue weighted by Crippen LogP contribution is -2.60. The van der Waals surface area contributed by atoms with Crippen molar-refractivity contribution in [1.29, 1.82) is 0 Å². The zero-order valence-electron chi connectivity index (χ0n) is 23.3. The Morgan fingerprint density at radius 1 is 0.667 bits per heavy atom. The van der Waals surface area contributed by atoms with Crippen molar-refractivity contribution < 1.29 is 23.7 Å². The van der Waals surface area contributed by atoms with Crippen molar-refractivity contribution in [3.63, 3.8) is 0 Å². The van der Waals surface area contributed by atoms with E-state index in [0.29, 0.717) is 26.4 Å². The van der Waals surface area contributed by atoms with E-state index in [1.807, 2.05) is 72.8 Å². The SMILES string of the molecule is C1#Cc2ccccc2S[C@H]2O[C@H](COCc3ccccc3)[C@@H](OCc3ccccc3)[C@H](OCc3ccccc3)[C@H]2OC1. The Kier molecular flexibility index (Phi) is 10.0. The van der Waals surface area contributed by atoms with Crippen LogP contribution in [0.1, 0.15) is 22.3 Å². The van der Waals surface area contributed by atoms with E-state index in [9.17, 15) is 0 Å². The van der Waals surface area contributed by atoms with E-state index in [0.717, 1.165) is 27.1 Å². The highest BCUT2D eigenvalue weighted by atomic mass is 32.2. The van der Waals surface area contributed by atoms with Crippen LogP contribution < -0.4 is 0 Å². The van der Waals surface area contributed by atoms with Crippen molar-refractivity contribution >= 4 is 11.8 Å². The van der Waals surface area contributed by atoms with E-state index in [1.54, 1.807) is 11.8 Å². The van der Waals surface area contributed by atoms with E-state index in [4.69, 9.17) is 23.7 Å². The molecule has 0 amide bonds. The number of hydrogen-bond donors (Lipinski definition) is 0. The Morgan fingerprint density at radius 3 is 1.90 bits per heavy atom. The summed E-state index contributed by atoms with van der Waals surface area (Å²) in [5, 5.41) is 0. The van der Waals surface area contributed by atoms with Gasteiger partial charge in [-0.25, -0.2) is 0 Å². The van der Waals surface area contributed by atoms with Gasteiger partial charge in [0.15, 0.2) is 0 Å². The molecule has 0 bridgehead atoms. The minimum atomic E-state index is -0.435. The number of ether oxygens (including phenoxy) is 5. The van der Waals surface area contributed by atoms with Gasteiger partial charge in [-0.3, -0.25) is 0 Å². The summed E-state index contributed by atoms with van der Waals surface area (Å²) in [5.74, 6) is 6.45. The Hall–Kier alpha value is -3.41. The summed E-state index contributed by atoms with van der Waals surface area (Å²) in [6, 6.07) is 38.7. The number of benzene rings is 4. The van der Waals surface area contributed by atoms with Crippen LogP contribution in [0.25, 0.3) is 0 Å². The molecule has 2 aliphatic rings. The third-order valence-electron chi connectivity index (χ3n) is 7.26. The standard InChI is InChI=1S/C36H34O5S/c1-4-13-27(14-5-1)23-37-26-31-33(39-24-28-15-6-2-7-16-28)34(40-25-29-17-8-3-9-18-29)35-36(41-31)42-32-21-11-10-19-30(32)20-12-22-38-35/h1-11,13-19,21,31,33-36H,22-26H2/t31-,33-,34+,35-,36-/m1/s1. The predicted molar refractivity (Wildman–Crippen MR) is 164 cm³/mol. The fourth-order valence-electron chi connectivity index (χ4n) is 5.14. The predicted octanol–water partition coefficient (Wildman–Crippen LogP) is 6.64. The van der Waals surface area contributed by atoms with Crippen LogP contribution in [0.2, 0.25) is 0 Å². The number of rotatable bonds is 10. The fourth-order valence-corrected chi connectivity index (χ4v) is 6.36. The summed E-state index contributed by atoms with van der Waals surface area (Å²) in [5.41, 5.74) is 3.89. The molecule has 0 saturated carbocycles. The quantitative estimate of drug-likeness (QED) is 0.197. The van der Waals surface area contributed by atoms with Gasteiger partial charge in [0, 0.05) is 10.5 Å². The molecule has 0 aliphatic carbocycles. The normalized spacial score (nSPS) is 23.3. The van der Waals surface area contributed by atoms with E-state index < -0.39 is 18.3 Å². The maximum absolute atomic E-state index is 6.81. The van der Waals surface area contributed by atoms with E-state index in [-0.39, 0.29) is 18.1 Å². The molecule has 42 heavy (non-hydrogen) atoms. The molecule has 6 heteroatoms. The molecule has 0 aromatic heterocycles. The molecule has 2 heterocycles. The van der Waals surface area contributed by atoms with Gasteiger partial charge in [-0.1, -0.05) is 127 Å². The Morgan fingerprint density at radius 2 is 1.24 bits per heavy atom. The summed E-state index contributed by atoms with van der Waals surface area (Å²) in [6.07, 6.45) is -1.65. The molecule has 2 aliphatic heterocycles. The van der Waals surface area contributed by atoms with Crippen molar-refractivity contribution in [1.82, 2.24) is 0 Å². The Labute approximate surface area is 252 Å². The van der Waals surface area contributed by atoms with Crippen LogP contribution in [-0.4, -0.2) is 43.1 Å². The summed E-state index contributed by atoms with van der Waals surface area (Å²) < 4.78 is 32.9. The van der Waals surface area contributed by atoms with Crippen molar-refractivity contribution in [2.45, 2.75) is 54.6 Å². The second kappa shape index (κ2) is 14.7. The summed E-state index contributed by atoms with van der Waals surface area (Å²) in [4.78, 5) is 1.06. The average Bonchev–Trinajstić information content (AvgIpc) is 3.13. The number of hydrogen-bond acceptors (Lipinski definition) is 6. The summed E-state index contributed by atoms with van der Waals surface area (Å²) in [6.45, 7) is 1.94. The topological polar surface area (TPSA) is 46.2 Å². The molecule has 5 nitrogen and oxygen atoms in total. The van der Waals surface area contributed by atoms with Crippen LogP contribution in [0.3, 0.4) is 0 Å². The van der Waals surface area contributed by atoms with Crippen LogP contribution in [0.15, 0.2) is 120 Å². The van der Waals surface area contributed by atoms with Crippen LogP contribution in [-0.2, 0) is 43.5 Å². The molecule has 4 aromatic carbocycles. The average molecular weight is 579 g/mol. The van der Waals surface area contributed by atoms with E-state index in [1.165, 1.54) is 0 Å². The number of fused-ring (bicyclic) bond motifs is 2. The molecule has 0 unspecified atom stereocenters. The lowest BCUT2D eigenvalue weighted by Gasteiger charge is -2.45. The highest BCUT2D eigenvalue weighted by molar-refractivity contribution is 7.99. The largest absolute Gasteiger partial charge is 0.374 e. The summed E-state index contributed by atoms with van der Waals surface area (Å²) in [7, 11) is 0. The molecule has 0 N–H and O–H groups in total. The number of thioether (sulfide) groups is 1. The maximum Gasteiger partial charge on any atom is 0.137 e. The zero-order chi connectivity index (χ0) is 28.4. The smallest absolute Gasteiger partial charge is 0.137 e. The lowest BCUT2D eigenvalue weighted by atomic mass is 9.99. The van der Waals surface area contributed by atoms with E-state index >= 15 is 0 Å². The van der Waals surface area contributed by atoms with Gasteiger partial charge in [-0.2, -0.15) is 0 Å². The van der Waals surface area contributed by atoms with Gasteiger partial charge in [0.25, 0.3) is 0 Å². The fraction of sp³-hybridized carbons (Fsp3) is 0.278. The van der Waals surface area contributed by atoms with Gasteiger partial charge < -0.3 is 23.7 Å². The molecule has 0 spiro atoms. The molecule has 0 radical (unpaired) electrons. The van der Waals surface area contributed by atoms with Gasteiger partial charge >= 0.3 is 0 Å². The van der Waals surface area contributed by atoms with Gasteiger partial charge in [0.05, 0.1) is 26.4 Å². The van der Waals surface area contributed by atoms with E-state index in [2.05, 4.69) is 54.3 Å². The Bertz CT molecular complexity index is 1450. The first-order valence-electron chi connectivity index (χ1n) is 14.3. The molecule has 214 valence electrons. The van der Waals surface area contributed by atoms with Crippen LogP contribution in [0.5, 0.6) is 0 Å². The first-order valence-corrected chi connectivity index (χ1v) is 15.2. The third-order valence-corrected chi connectivity index (χ3v) is 8.48. The van der Waals surface area contributed by atoms with Crippen molar-refractivity contribution in [2.75, 3.05) is 13.2 Å². The second-order valence-electron chi connectivity index (χ2n) is 10.3. The molecule has 1 fully saturated rings. The Balaban J connectivity index is 1.29. The summed E-state index contributed by atoms with van der Waals surface area (Å²) >= 11 is 1.62. The lowest BCUT2D eigenvalue weighted by molar-refractivity contribution is -0.250. The molecule has 5 atom stereocenters. The molecule has 1 saturated heterocycles. The van der Waals surface area contributed by atoms with Gasteiger partial charge in [-0.15, -0.1) is 0 Å². The second-order valence-corrected chi connectivity index (χ2v) is 11.4. The third kappa shape index (κ3) is 7.50. The van der Waals surface area contributed by atoms with Gasteiger partial charge in [0.1, 0.15) is 36.5 Å². The minimum absolute atomic E-state index is 0.269. The molecular weight excluding hydrogens is 544 g/mol. The highest BCUT2D eigenvalue weighted by Crippen LogP contribution is 2.39. The van der Waals surface area contributed by atoms with Crippen LogP contribution in [0, 0.1) is 11.8 Å². The van der Waals surface area contributed by atoms with Crippen LogP contribution in [0.4, 0.5) is 0 Å². The minimum Gasteiger partial charge on any atom is -0.374 e. The zero-order valence-corrected chi connectivity index (χ0v) is 24.2. The molecule has 6 rings (SSSR count). The maximum atomic E-state index is 6.81. The van der Waals surface area contributed by atoms with Crippen molar-refractivity contribution in [2.24, 2.45) is 0 Å². The highest BCUT2D eigenvalue weighted by Gasteiger charge is 2.49. The van der Waals surface area contributed by atoms with Crippen LogP contribution >= 0.6 is 11.8 Å². The molecular formula is C36H34O5S. The first kappa shape index (κ1) is 28.7. The first-order chi connectivity index (χ1) is 20.8. The van der Waals surface area contributed by atoms with Crippen molar-refractivity contribution in [3.8, 4) is 11.8 Å². The molecule has 4 aromatic rings. The van der Waals surface area contributed by atoms with Gasteiger partial charge in [0.2, 0.25) is 0 Å². The van der Waals surface area contributed by atoms with Gasteiger partial charge in [-0.05, 0) is 28.8 Å².